The molecule has 0 N–H and O–H groups in total. The Labute approximate surface area is 124 Å². The van der Waals surface area contributed by atoms with Crippen molar-refractivity contribution in [3.05, 3.63) is 52.1 Å². The minimum absolute atomic E-state index is 0.650. The van der Waals surface area contributed by atoms with Gasteiger partial charge in [-0.2, -0.15) is 0 Å². The number of hydrogen-bond donors (Lipinski definition) is 0. The van der Waals surface area contributed by atoms with Gasteiger partial charge in [-0.15, -0.1) is 11.8 Å². The molecular formula is C14H12BrNO2S. The number of rotatable bonds is 5. The highest BCUT2D eigenvalue weighted by molar-refractivity contribution is 9.10. The van der Waals surface area contributed by atoms with Gasteiger partial charge in [0.1, 0.15) is 17.1 Å². The van der Waals surface area contributed by atoms with Crippen molar-refractivity contribution in [2.45, 2.75) is 10.8 Å². The van der Waals surface area contributed by atoms with Gasteiger partial charge in [-0.1, -0.05) is 0 Å². The number of thioether (sulfide) groups is 1. The Kier molecular flexibility index (Phi) is 4.99. The fourth-order valence-electron chi connectivity index (χ4n) is 1.61. The number of halogens is 1. The highest BCUT2D eigenvalue weighted by Gasteiger charge is 2.07. The quantitative estimate of drug-likeness (QED) is 0.611. The van der Waals surface area contributed by atoms with Crippen LogP contribution in [0.15, 0.2) is 46.0 Å². The van der Waals surface area contributed by atoms with E-state index in [2.05, 4.69) is 20.9 Å². The second kappa shape index (κ2) is 6.73. The Morgan fingerprint density at radius 1 is 1.42 bits per heavy atom. The summed E-state index contributed by atoms with van der Waals surface area (Å²) in [6.45, 7) is 0. The van der Waals surface area contributed by atoms with Crippen LogP contribution in [0.25, 0.3) is 0 Å². The van der Waals surface area contributed by atoms with Gasteiger partial charge in [-0.3, -0.25) is 4.79 Å². The molecule has 1 heterocycles. The summed E-state index contributed by atoms with van der Waals surface area (Å²) in [5.41, 5.74) is 1.63. The Morgan fingerprint density at radius 3 is 2.95 bits per heavy atom. The minimum atomic E-state index is 0.650. The molecule has 5 heteroatoms. The Bertz CT molecular complexity index is 589. The van der Waals surface area contributed by atoms with Gasteiger partial charge < -0.3 is 4.74 Å². The number of aldehydes is 1. The van der Waals surface area contributed by atoms with E-state index in [0.29, 0.717) is 11.3 Å². The number of pyridine rings is 1. The lowest BCUT2D eigenvalue weighted by molar-refractivity contribution is 0.112. The molecule has 0 amide bonds. The molecule has 0 aliphatic carbocycles. The van der Waals surface area contributed by atoms with Crippen LogP contribution in [0.4, 0.5) is 0 Å². The monoisotopic (exact) mass is 337 g/mol. The van der Waals surface area contributed by atoms with E-state index in [1.165, 1.54) is 0 Å². The molecule has 0 aliphatic heterocycles. The molecule has 0 saturated heterocycles. The van der Waals surface area contributed by atoms with Gasteiger partial charge in [0.05, 0.1) is 7.11 Å². The van der Waals surface area contributed by atoms with E-state index < -0.39 is 0 Å². The normalized spacial score (nSPS) is 10.2. The van der Waals surface area contributed by atoms with Crippen molar-refractivity contribution in [1.29, 1.82) is 0 Å². The molecule has 1 aromatic heterocycles. The minimum Gasteiger partial charge on any atom is -0.496 e. The number of ether oxygens (including phenoxy) is 1. The summed E-state index contributed by atoms with van der Waals surface area (Å²) in [5.74, 6) is 1.48. The largest absolute Gasteiger partial charge is 0.496 e. The number of benzene rings is 1. The molecule has 19 heavy (non-hydrogen) atoms. The third-order valence-electron chi connectivity index (χ3n) is 2.53. The first-order valence-corrected chi connectivity index (χ1v) is 7.38. The third-order valence-corrected chi connectivity index (χ3v) is 4.49. The standard InChI is InChI=1S/C14H12BrNO2S/c1-18-13-5-4-10(8-17)7-11(13)9-19-14-12(15)3-2-6-16-14/h2-8H,9H2,1H3. The lowest BCUT2D eigenvalue weighted by Crippen LogP contribution is -1.93. The van der Waals surface area contributed by atoms with Crippen molar-refractivity contribution in [3.8, 4) is 5.75 Å². The van der Waals surface area contributed by atoms with Crippen LogP contribution in [0.3, 0.4) is 0 Å². The zero-order valence-electron chi connectivity index (χ0n) is 10.3. The van der Waals surface area contributed by atoms with Crippen LogP contribution in [0, 0.1) is 0 Å². The van der Waals surface area contributed by atoms with Crippen LogP contribution < -0.4 is 4.74 Å². The summed E-state index contributed by atoms with van der Waals surface area (Å²) >= 11 is 5.06. The van der Waals surface area contributed by atoms with Crippen LogP contribution in [0.1, 0.15) is 15.9 Å². The zero-order chi connectivity index (χ0) is 13.7. The van der Waals surface area contributed by atoms with Gasteiger partial charge in [0.25, 0.3) is 0 Å². The number of methoxy groups -OCH3 is 1. The van der Waals surface area contributed by atoms with E-state index >= 15 is 0 Å². The molecule has 0 unspecified atom stereocenters. The Balaban J connectivity index is 2.19. The highest BCUT2D eigenvalue weighted by Crippen LogP contribution is 2.31. The van der Waals surface area contributed by atoms with Gasteiger partial charge in [0.15, 0.2) is 0 Å². The van der Waals surface area contributed by atoms with E-state index in [0.717, 1.165) is 27.1 Å². The smallest absolute Gasteiger partial charge is 0.150 e. The molecule has 0 aliphatic rings. The van der Waals surface area contributed by atoms with Gasteiger partial charge in [0, 0.05) is 27.5 Å². The van der Waals surface area contributed by atoms with Crippen molar-refractivity contribution >= 4 is 34.0 Å². The molecule has 3 nitrogen and oxygen atoms in total. The van der Waals surface area contributed by atoms with Gasteiger partial charge in [0.2, 0.25) is 0 Å². The molecule has 98 valence electrons. The van der Waals surface area contributed by atoms with Crippen LogP contribution in [0.5, 0.6) is 5.75 Å². The van der Waals surface area contributed by atoms with Crippen molar-refractivity contribution in [1.82, 2.24) is 4.98 Å². The first kappa shape index (κ1) is 14.1. The Hall–Kier alpha value is -1.33. The molecular weight excluding hydrogens is 326 g/mol. The summed E-state index contributed by atoms with van der Waals surface area (Å²) in [6, 6.07) is 9.23. The number of aromatic nitrogens is 1. The van der Waals surface area contributed by atoms with Crippen LogP contribution in [0.2, 0.25) is 0 Å². The average Bonchev–Trinajstić information content (AvgIpc) is 2.46. The van der Waals surface area contributed by atoms with Crippen LogP contribution in [-0.2, 0) is 5.75 Å². The molecule has 0 radical (unpaired) electrons. The first-order chi connectivity index (χ1) is 9.24. The third kappa shape index (κ3) is 3.58. The van der Waals surface area contributed by atoms with Gasteiger partial charge in [-0.05, 0) is 46.3 Å². The summed E-state index contributed by atoms with van der Waals surface area (Å²) in [6.07, 6.45) is 2.59. The lowest BCUT2D eigenvalue weighted by atomic mass is 10.1. The summed E-state index contributed by atoms with van der Waals surface area (Å²) in [7, 11) is 1.63. The maximum absolute atomic E-state index is 10.8. The predicted molar refractivity (Wildman–Crippen MR) is 79.9 cm³/mol. The van der Waals surface area contributed by atoms with Crippen molar-refractivity contribution in [2.75, 3.05) is 7.11 Å². The molecule has 2 rings (SSSR count). The maximum Gasteiger partial charge on any atom is 0.150 e. The van der Waals surface area contributed by atoms with Crippen molar-refractivity contribution in [3.63, 3.8) is 0 Å². The topological polar surface area (TPSA) is 39.2 Å². The molecule has 0 spiro atoms. The van der Waals surface area contributed by atoms with E-state index in [-0.39, 0.29) is 0 Å². The fraction of sp³-hybridized carbons (Fsp3) is 0.143. The molecule has 1 aromatic carbocycles. The lowest BCUT2D eigenvalue weighted by Gasteiger charge is -2.09. The van der Waals surface area contributed by atoms with Crippen LogP contribution >= 0.6 is 27.7 Å². The number of carbonyl (C=O) groups is 1. The van der Waals surface area contributed by atoms with Crippen molar-refractivity contribution in [2.24, 2.45) is 0 Å². The van der Waals surface area contributed by atoms with Crippen LogP contribution in [-0.4, -0.2) is 18.4 Å². The number of carbonyl (C=O) groups excluding carboxylic acids is 1. The number of nitrogens with zero attached hydrogens (tertiary/aromatic N) is 1. The Morgan fingerprint density at radius 2 is 2.26 bits per heavy atom. The van der Waals surface area contributed by atoms with E-state index in [1.54, 1.807) is 31.1 Å². The molecule has 0 saturated carbocycles. The SMILES string of the molecule is COc1ccc(C=O)cc1CSc1ncccc1Br. The summed E-state index contributed by atoms with van der Waals surface area (Å²) < 4.78 is 6.27. The van der Waals surface area contributed by atoms with Gasteiger partial charge >= 0.3 is 0 Å². The average molecular weight is 338 g/mol. The summed E-state index contributed by atoms with van der Waals surface area (Å²) in [5, 5.41) is 0.918. The van der Waals surface area contributed by atoms with E-state index in [1.807, 2.05) is 24.3 Å². The van der Waals surface area contributed by atoms with Gasteiger partial charge in [-0.25, -0.2) is 4.98 Å². The summed E-state index contributed by atoms with van der Waals surface area (Å²) in [4.78, 5) is 15.1. The molecule has 0 fully saturated rings. The van der Waals surface area contributed by atoms with E-state index in [4.69, 9.17) is 4.74 Å². The fourth-order valence-corrected chi connectivity index (χ4v) is 3.07. The second-order valence-electron chi connectivity index (χ2n) is 3.77. The second-order valence-corrected chi connectivity index (χ2v) is 5.59. The molecule has 0 atom stereocenters. The number of hydrogen-bond acceptors (Lipinski definition) is 4. The maximum atomic E-state index is 10.8. The highest BCUT2D eigenvalue weighted by atomic mass is 79.9. The molecule has 2 aromatic rings. The molecule has 0 bridgehead atoms. The zero-order valence-corrected chi connectivity index (χ0v) is 12.7. The van der Waals surface area contributed by atoms with E-state index in [9.17, 15) is 4.79 Å². The van der Waals surface area contributed by atoms with Crippen molar-refractivity contribution < 1.29 is 9.53 Å². The first-order valence-electron chi connectivity index (χ1n) is 5.60. The predicted octanol–water partition coefficient (Wildman–Crippen LogP) is 3.96.